The van der Waals surface area contributed by atoms with Crippen LogP contribution in [-0.2, 0) is 0 Å². The Hall–Kier alpha value is -1.66. The zero-order valence-corrected chi connectivity index (χ0v) is 7.49. The molecule has 1 aromatic rings. The number of nitriles is 1. The Morgan fingerprint density at radius 1 is 1.69 bits per heavy atom. The minimum Gasteiger partial charge on any atom is -0.316 e. The minimum atomic E-state index is 0.606. The van der Waals surface area contributed by atoms with E-state index in [0.717, 1.165) is 12.2 Å². The number of rotatable bonds is 3. The molecule has 3 nitrogen and oxygen atoms in total. The molecule has 0 spiro atoms. The second-order valence-electron chi connectivity index (χ2n) is 2.51. The van der Waals surface area contributed by atoms with Crippen LogP contribution in [0.3, 0.4) is 0 Å². The van der Waals surface area contributed by atoms with Crippen molar-refractivity contribution in [2.45, 2.75) is 0 Å². The normalized spacial score (nSPS) is 10.2. The van der Waals surface area contributed by atoms with Crippen LogP contribution in [0.25, 0.3) is 6.08 Å². The highest BCUT2D eigenvalue weighted by molar-refractivity contribution is 5.53. The van der Waals surface area contributed by atoms with Gasteiger partial charge in [-0.05, 0) is 25.3 Å². The summed E-state index contributed by atoms with van der Waals surface area (Å²) in [5, 5.41) is 11.7. The van der Waals surface area contributed by atoms with Crippen LogP contribution in [0, 0.1) is 11.3 Å². The van der Waals surface area contributed by atoms with Gasteiger partial charge in [0.1, 0.15) is 6.07 Å². The molecule has 3 heteroatoms. The summed E-state index contributed by atoms with van der Waals surface area (Å²) in [4.78, 5) is 4.08. The van der Waals surface area contributed by atoms with Crippen LogP contribution in [0.1, 0.15) is 11.3 Å². The summed E-state index contributed by atoms with van der Waals surface area (Å²) in [6.07, 6.45) is 5.46. The number of nitrogens with zero attached hydrogens (tertiary/aromatic N) is 2. The van der Waals surface area contributed by atoms with Gasteiger partial charge in [-0.15, -0.1) is 0 Å². The molecule has 0 bridgehead atoms. The van der Waals surface area contributed by atoms with Gasteiger partial charge in [0.2, 0.25) is 0 Å². The molecule has 0 radical (unpaired) electrons. The largest absolute Gasteiger partial charge is 0.316 e. The van der Waals surface area contributed by atoms with Gasteiger partial charge in [-0.3, -0.25) is 4.98 Å². The van der Waals surface area contributed by atoms with Crippen LogP contribution < -0.4 is 5.32 Å². The van der Waals surface area contributed by atoms with Crippen LogP contribution in [0.5, 0.6) is 0 Å². The summed E-state index contributed by atoms with van der Waals surface area (Å²) in [5.74, 6) is 0. The van der Waals surface area contributed by atoms with E-state index < -0.39 is 0 Å². The van der Waals surface area contributed by atoms with Crippen molar-refractivity contribution >= 4 is 6.08 Å². The van der Waals surface area contributed by atoms with E-state index in [1.54, 1.807) is 18.3 Å². The zero-order valence-electron chi connectivity index (χ0n) is 7.49. The Labute approximate surface area is 77.7 Å². The molecule has 0 aromatic carbocycles. The third-order valence-electron chi connectivity index (χ3n) is 1.56. The third kappa shape index (κ3) is 2.69. The molecule has 0 unspecified atom stereocenters. The van der Waals surface area contributed by atoms with Gasteiger partial charge in [0, 0.05) is 12.7 Å². The monoisotopic (exact) mass is 173 g/mol. The standard InChI is InChI=1S/C10H11N3/c1-12-6-3-5-10-9(8-11)4-2-7-13-10/h2-5,7,12H,6H2,1H3. The minimum absolute atomic E-state index is 0.606. The lowest BCUT2D eigenvalue weighted by Crippen LogP contribution is -2.03. The highest BCUT2D eigenvalue weighted by Gasteiger charge is 1.95. The first kappa shape index (κ1) is 9.43. The Kier molecular flexibility index (Phi) is 3.68. The first-order valence-electron chi connectivity index (χ1n) is 4.04. The van der Waals surface area contributed by atoms with Crippen molar-refractivity contribution in [3.63, 3.8) is 0 Å². The highest BCUT2D eigenvalue weighted by atomic mass is 14.8. The summed E-state index contributed by atoms with van der Waals surface area (Å²) >= 11 is 0. The smallest absolute Gasteiger partial charge is 0.101 e. The fourth-order valence-corrected chi connectivity index (χ4v) is 0.933. The molecule has 0 aliphatic carbocycles. The number of pyridine rings is 1. The summed E-state index contributed by atoms with van der Waals surface area (Å²) in [6, 6.07) is 5.60. The molecule has 0 saturated carbocycles. The molecule has 1 N–H and O–H groups in total. The highest BCUT2D eigenvalue weighted by Crippen LogP contribution is 2.04. The fourth-order valence-electron chi connectivity index (χ4n) is 0.933. The van der Waals surface area contributed by atoms with Crippen LogP contribution >= 0.6 is 0 Å². The van der Waals surface area contributed by atoms with Crippen LogP contribution in [0.15, 0.2) is 24.4 Å². The summed E-state index contributed by atoms with van der Waals surface area (Å²) in [6.45, 7) is 0.779. The van der Waals surface area contributed by atoms with Crippen LogP contribution in [0.2, 0.25) is 0 Å². The molecule has 1 heterocycles. The Morgan fingerprint density at radius 2 is 2.54 bits per heavy atom. The predicted octanol–water partition coefficient (Wildman–Crippen LogP) is 1.19. The number of nitrogens with one attached hydrogen (secondary N) is 1. The second kappa shape index (κ2) is 5.07. The topological polar surface area (TPSA) is 48.7 Å². The molecular formula is C10H11N3. The predicted molar refractivity (Wildman–Crippen MR) is 51.9 cm³/mol. The number of aromatic nitrogens is 1. The molecule has 0 fully saturated rings. The fraction of sp³-hybridized carbons (Fsp3) is 0.200. The van der Waals surface area contributed by atoms with E-state index in [1.807, 2.05) is 19.2 Å². The molecule has 0 aliphatic heterocycles. The van der Waals surface area contributed by atoms with E-state index >= 15 is 0 Å². The molecule has 1 rings (SSSR count). The maximum Gasteiger partial charge on any atom is 0.101 e. The SMILES string of the molecule is CNCC=Cc1ncccc1C#N. The molecule has 0 atom stereocenters. The Balaban J connectivity index is 2.82. The van der Waals surface area contributed by atoms with Crippen molar-refractivity contribution in [2.75, 3.05) is 13.6 Å². The van der Waals surface area contributed by atoms with Crippen molar-refractivity contribution in [3.05, 3.63) is 35.7 Å². The lowest BCUT2D eigenvalue weighted by Gasteiger charge is -1.94. The molecule has 13 heavy (non-hydrogen) atoms. The molecule has 66 valence electrons. The number of hydrogen-bond acceptors (Lipinski definition) is 3. The molecular weight excluding hydrogens is 162 g/mol. The van der Waals surface area contributed by atoms with Gasteiger partial charge in [0.25, 0.3) is 0 Å². The van der Waals surface area contributed by atoms with E-state index in [9.17, 15) is 0 Å². The lowest BCUT2D eigenvalue weighted by molar-refractivity contribution is 0.922. The lowest BCUT2D eigenvalue weighted by atomic mass is 10.2. The van der Waals surface area contributed by atoms with Crippen LogP contribution in [0.4, 0.5) is 0 Å². The number of hydrogen-bond donors (Lipinski definition) is 1. The van der Waals surface area contributed by atoms with E-state index in [0.29, 0.717) is 5.56 Å². The third-order valence-corrected chi connectivity index (χ3v) is 1.56. The Morgan fingerprint density at radius 3 is 3.23 bits per heavy atom. The maximum atomic E-state index is 8.74. The van der Waals surface area contributed by atoms with Crippen molar-refractivity contribution in [1.82, 2.24) is 10.3 Å². The zero-order chi connectivity index (χ0) is 9.52. The molecule has 0 saturated heterocycles. The van der Waals surface area contributed by atoms with Crippen molar-refractivity contribution < 1.29 is 0 Å². The molecule has 1 aromatic heterocycles. The van der Waals surface area contributed by atoms with Gasteiger partial charge in [-0.1, -0.05) is 6.08 Å². The number of likely N-dealkylation sites (N-methyl/N-ethyl adjacent to an activating group) is 1. The van der Waals surface area contributed by atoms with E-state index in [4.69, 9.17) is 5.26 Å². The second-order valence-corrected chi connectivity index (χ2v) is 2.51. The van der Waals surface area contributed by atoms with Gasteiger partial charge < -0.3 is 5.32 Å². The van der Waals surface area contributed by atoms with Crippen LogP contribution in [-0.4, -0.2) is 18.6 Å². The Bertz CT molecular complexity index is 336. The van der Waals surface area contributed by atoms with Crippen molar-refractivity contribution in [3.8, 4) is 6.07 Å². The first-order chi connectivity index (χ1) is 6.38. The quantitative estimate of drug-likeness (QED) is 0.746. The summed E-state index contributed by atoms with van der Waals surface area (Å²) in [7, 11) is 1.87. The average molecular weight is 173 g/mol. The van der Waals surface area contributed by atoms with Gasteiger partial charge in [0.15, 0.2) is 0 Å². The van der Waals surface area contributed by atoms with E-state index in [-0.39, 0.29) is 0 Å². The van der Waals surface area contributed by atoms with Gasteiger partial charge in [-0.2, -0.15) is 5.26 Å². The average Bonchev–Trinajstić information content (AvgIpc) is 2.19. The van der Waals surface area contributed by atoms with Gasteiger partial charge in [0.05, 0.1) is 11.3 Å². The summed E-state index contributed by atoms with van der Waals surface area (Å²) < 4.78 is 0. The van der Waals surface area contributed by atoms with E-state index in [2.05, 4.69) is 16.4 Å². The molecule has 0 aliphatic rings. The first-order valence-corrected chi connectivity index (χ1v) is 4.04. The van der Waals surface area contributed by atoms with Gasteiger partial charge >= 0.3 is 0 Å². The van der Waals surface area contributed by atoms with Crippen molar-refractivity contribution in [1.29, 1.82) is 5.26 Å². The molecule has 0 amide bonds. The summed E-state index contributed by atoms with van der Waals surface area (Å²) in [5.41, 5.74) is 1.33. The van der Waals surface area contributed by atoms with Gasteiger partial charge in [-0.25, -0.2) is 0 Å². The maximum absolute atomic E-state index is 8.74. The van der Waals surface area contributed by atoms with E-state index in [1.165, 1.54) is 0 Å². The van der Waals surface area contributed by atoms with Crippen molar-refractivity contribution in [2.24, 2.45) is 0 Å².